The third-order valence-electron chi connectivity index (χ3n) is 3.10. The zero-order valence-electron chi connectivity index (χ0n) is 9.18. The first kappa shape index (κ1) is 10.8. The number of benzene rings is 1. The molecule has 0 bridgehead atoms. The average Bonchev–Trinajstić information content (AvgIpc) is 2.22. The van der Waals surface area contributed by atoms with Gasteiger partial charge in [-0.3, -0.25) is 4.79 Å². The van der Waals surface area contributed by atoms with E-state index in [0.717, 1.165) is 24.2 Å². The van der Waals surface area contributed by atoms with Crippen LogP contribution in [0.25, 0.3) is 0 Å². The number of rotatable bonds is 2. The van der Waals surface area contributed by atoms with Gasteiger partial charge in [0.1, 0.15) is 5.75 Å². The number of nitrogens with zero attached hydrogens (tertiary/aromatic N) is 1. The van der Waals surface area contributed by atoms with Gasteiger partial charge in [-0.25, -0.2) is 0 Å². The van der Waals surface area contributed by atoms with E-state index in [1.165, 1.54) is 0 Å². The SMILES string of the molecule is CN1CCC(CC(=O)O)c2cc(O)ccc21. The van der Waals surface area contributed by atoms with Gasteiger partial charge in [-0.2, -0.15) is 0 Å². The fraction of sp³-hybridized carbons (Fsp3) is 0.417. The zero-order chi connectivity index (χ0) is 11.7. The number of carboxylic acid groups (broad SMARTS) is 1. The van der Waals surface area contributed by atoms with E-state index in [-0.39, 0.29) is 18.1 Å². The van der Waals surface area contributed by atoms with Crippen molar-refractivity contribution in [1.82, 2.24) is 0 Å². The van der Waals surface area contributed by atoms with Crippen LogP contribution in [-0.2, 0) is 4.79 Å². The molecule has 0 saturated carbocycles. The fourth-order valence-corrected chi connectivity index (χ4v) is 2.26. The predicted octanol–water partition coefficient (Wildman–Crippen LogP) is 1.79. The Hall–Kier alpha value is -1.71. The molecular formula is C12H15NO3. The first-order valence-corrected chi connectivity index (χ1v) is 5.34. The summed E-state index contributed by atoms with van der Waals surface area (Å²) in [7, 11) is 1.98. The number of aromatic hydroxyl groups is 1. The topological polar surface area (TPSA) is 60.8 Å². The molecule has 2 rings (SSSR count). The van der Waals surface area contributed by atoms with E-state index in [1.807, 2.05) is 13.1 Å². The number of hydrogen-bond donors (Lipinski definition) is 2. The van der Waals surface area contributed by atoms with Gasteiger partial charge in [-0.05, 0) is 36.1 Å². The molecule has 4 nitrogen and oxygen atoms in total. The molecule has 86 valence electrons. The summed E-state index contributed by atoms with van der Waals surface area (Å²) in [5, 5.41) is 18.3. The molecule has 1 aliphatic rings. The summed E-state index contributed by atoms with van der Waals surface area (Å²) in [4.78, 5) is 12.9. The molecule has 4 heteroatoms. The van der Waals surface area contributed by atoms with E-state index < -0.39 is 5.97 Å². The molecule has 1 aromatic carbocycles. The molecule has 0 aliphatic carbocycles. The summed E-state index contributed by atoms with van der Waals surface area (Å²) in [6.45, 7) is 0.857. The van der Waals surface area contributed by atoms with Crippen molar-refractivity contribution in [3.05, 3.63) is 23.8 Å². The molecule has 16 heavy (non-hydrogen) atoms. The van der Waals surface area contributed by atoms with Gasteiger partial charge < -0.3 is 15.1 Å². The lowest BCUT2D eigenvalue weighted by Crippen LogP contribution is -2.28. The van der Waals surface area contributed by atoms with E-state index in [9.17, 15) is 9.90 Å². The Morgan fingerprint density at radius 1 is 1.56 bits per heavy atom. The van der Waals surface area contributed by atoms with Crippen LogP contribution in [0.2, 0.25) is 0 Å². The fourth-order valence-electron chi connectivity index (χ4n) is 2.26. The van der Waals surface area contributed by atoms with Gasteiger partial charge in [-0.15, -0.1) is 0 Å². The maximum Gasteiger partial charge on any atom is 0.303 e. The molecule has 0 radical (unpaired) electrons. The molecule has 0 saturated heterocycles. The summed E-state index contributed by atoms with van der Waals surface area (Å²) in [5.41, 5.74) is 1.96. The Morgan fingerprint density at radius 2 is 2.31 bits per heavy atom. The van der Waals surface area contributed by atoms with Crippen LogP contribution < -0.4 is 4.90 Å². The number of phenolic OH excluding ortho intramolecular Hbond substituents is 1. The van der Waals surface area contributed by atoms with Crippen LogP contribution in [0.1, 0.15) is 24.3 Å². The molecule has 0 amide bonds. The monoisotopic (exact) mass is 221 g/mol. The van der Waals surface area contributed by atoms with Gasteiger partial charge in [0.25, 0.3) is 0 Å². The largest absolute Gasteiger partial charge is 0.508 e. The molecular weight excluding hydrogens is 206 g/mol. The highest BCUT2D eigenvalue weighted by Crippen LogP contribution is 2.38. The maximum absolute atomic E-state index is 10.8. The van der Waals surface area contributed by atoms with E-state index in [2.05, 4.69) is 4.90 Å². The second-order valence-corrected chi connectivity index (χ2v) is 4.25. The first-order valence-electron chi connectivity index (χ1n) is 5.34. The van der Waals surface area contributed by atoms with Crippen molar-refractivity contribution in [2.24, 2.45) is 0 Å². The Bertz CT molecular complexity index is 417. The molecule has 0 fully saturated rings. The van der Waals surface area contributed by atoms with Gasteiger partial charge >= 0.3 is 5.97 Å². The molecule has 1 heterocycles. The first-order chi connectivity index (χ1) is 7.58. The smallest absolute Gasteiger partial charge is 0.303 e. The van der Waals surface area contributed by atoms with Crippen LogP contribution in [0, 0.1) is 0 Å². The Balaban J connectivity index is 2.37. The van der Waals surface area contributed by atoms with Crippen LogP contribution in [-0.4, -0.2) is 29.8 Å². The van der Waals surface area contributed by atoms with Crippen molar-refractivity contribution >= 4 is 11.7 Å². The number of phenols is 1. The lowest BCUT2D eigenvalue weighted by molar-refractivity contribution is -0.137. The Labute approximate surface area is 94.1 Å². The van der Waals surface area contributed by atoms with Crippen LogP contribution >= 0.6 is 0 Å². The van der Waals surface area contributed by atoms with Gasteiger partial charge in [0.2, 0.25) is 0 Å². The zero-order valence-corrected chi connectivity index (χ0v) is 9.18. The predicted molar refractivity (Wildman–Crippen MR) is 61.0 cm³/mol. The van der Waals surface area contributed by atoms with Crippen molar-refractivity contribution in [2.45, 2.75) is 18.8 Å². The van der Waals surface area contributed by atoms with E-state index >= 15 is 0 Å². The summed E-state index contributed by atoms with van der Waals surface area (Å²) >= 11 is 0. The van der Waals surface area contributed by atoms with Gasteiger partial charge in [0.05, 0.1) is 6.42 Å². The van der Waals surface area contributed by atoms with Gasteiger partial charge in [0.15, 0.2) is 0 Å². The lowest BCUT2D eigenvalue weighted by atomic mass is 9.87. The molecule has 1 unspecified atom stereocenters. The van der Waals surface area contributed by atoms with Crippen LogP contribution in [0.4, 0.5) is 5.69 Å². The molecule has 2 N–H and O–H groups in total. The number of carboxylic acids is 1. The van der Waals surface area contributed by atoms with Gasteiger partial charge in [-0.1, -0.05) is 0 Å². The number of anilines is 1. The number of fused-ring (bicyclic) bond motifs is 1. The highest BCUT2D eigenvalue weighted by Gasteiger charge is 2.25. The van der Waals surface area contributed by atoms with Crippen molar-refractivity contribution in [2.75, 3.05) is 18.5 Å². The average molecular weight is 221 g/mol. The standard InChI is InChI=1S/C12H15NO3/c1-13-5-4-8(6-12(15)16)10-7-9(14)2-3-11(10)13/h2-3,7-8,14H,4-6H2,1H3,(H,15,16). The summed E-state index contributed by atoms with van der Waals surface area (Å²) in [5.74, 6) is -0.580. The normalized spacial score (nSPS) is 19.3. The van der Waals surface area contributed by atoms with Crippen molar-refractivity contribution in [3.63, 3.8) is 0 Å². The number of carbonyl (C=O) groups is 1. The summed E-state index contributed by atoms with van der Waals surface area (Å²) in [6, 6.07) is 5.16. The highest BCUT2D eigenvalue weighted by atomic mass is 16.4. The molecule has 1 atom stereocenters. The molecule has 1 aromatic rings. The highest BCUT2D eigenvalue weighted by molar-refractivity contribution is 5.70. The third-order valence-corrected chi connectivity index (χ3v) is 3.10. The Kier molecular flexibility index (Phi) is 2.73. The van der Waals surface area contributed by atoms with Crippen LogP contribution in [0.5, 0.6) is 5.75 Å². The van der Waals surface area contributed by atoms with E-state index in [4.69, 9.17) is 5.11 Å². The maximum atomic E-state index is 10.8. The van der Waals surface area contributed by atoms with E-state index in [1.54, 1.807) is 12.1 Å². The minimum atomic E-state index is -0.788. The van der Waals surface area contributed by atoms with Gasteiger partial charge in [0, 0.05) is 19.3 Å². The second kappa shape index (κ2) is 4.04. The molecule has 0 aromatic heterocycles. The molecule has 0 spiro atoms. The summed E-state index contributed by atoms with van der Waals surface area (Å²) in [6.07, 6.45) is 0.948. The van der Waals surface area contributed by atoms with Crippen molar-refractivity contribution < 1.29 is 15.0 Å². The number of hydrogen-bond acceptors (Lipinski definition) is 3. The number of aliphatic carboxylic acids is 1. The van der Waals surface area contributed by atoms with Crippen LogP contribution in [0.3, 0.4) is 0 Å². The molecule has 1 aliphatic heterocycles. The third kappa shape index (κ3) is 1.96. The minimum absolute atomic E-state index is 0.01000. The van der Waals surface area contributed by atoms with Crippen molar-refractivity contribution in [3.8, 4) is 5.75 Å². The summed E-state index contributed by atoms with van der Waals surface area (Å²) < 4.78 is 0. The minimum Gasteiger partial charge on any atom is -0.508 e. The van der Waals surface area contributed by atoms with Crippen molar-refractivity contribution in [1.29, 1.82) is 0 Å². The lowest BCUT2D eigenvalue weighted by Gasteiger charge is -2.32. The van der Waals surface area contributed by atoms with E-state index in [0.29, 0.717) is 0 Å². The Morgan fingerprint density at radius 3 is 3.00 bits per heavy atom. The van der Waals surface area contributed by atoms with Crippen LogP contribution in [0.15, 0.2) is 18.2 Å². The quantitative estimate of drug-likeness (QED) is 0.799. The second-order valence-electron chi connectivity index (χ2n) is 4.25.